The Balaban J connectivity index is 3.14. The summed E-state index contributed by atoms with van der Waals surface area (Å²) in [6.07, 6.45) is 2.54. The predicted molar refractivity (Wildman–Crippen MR) is 89.1 cm³/mol. The van der Waals surface area contributed by atoms with Crippen LogP contribution in [0.2, 0.25) is 0 Å². The summed E-state index contributed by atoms with van der Waals surface area (Å²) in [5.74, 6) is -0.413. The molecule has 0 saturated carbocycles. The third-order valence-electron chi connectivity index (χ3n) is 3.66. The molecule has 0 bridgehead atoms. The number of alkyl halides is 1. The summed E-state index contributed by atoms with van der Waals surface area (Å²) in [4.78, 5) is 32.0. The molecular formula is C15H24FN3O2S. The lowest BCUT2D eigenvalue weighted by Gasteiger charge is -2.36. The molecule has 1 rings (SSSR count). The van der Waals surface area contributed by atoms with Crippen LogP contribution in [0.25, 0.3) is 0 Å². The van der Waals surface area contributed by atoms with Crippen LogP contribution < -0.4 is 0 Å². The number of carbonyl (C=O) groups excluding carboxylic acids is 2. The average molecular weight is 329 g/mol. The molecule has 22 heavy (non-hydrogen) atoms. The molecule has 7 heteroatoms. The molecule has 0 aliphatic carbocycles. The standard InChI is InChI=1S/C15H24FN3O2S/c1-5-18(6-2)13(20)15(10-9-11-17-12(15)16)22-14(21)19(7-3)8-4/h9-12H,5-8H2,1-4H3. The Hall–Kier alpha value is -1.37. The minimum atomic E-state index is -1.77. The van der Waals surface area contributed by atoms with Crippen molar-refractivity contribution in [2.24, 2.45) is 4.99 Å². The fourth-order valence-electron chi connectivity index (χ4n) is 2.25. The number of hydrogen-bond acceptors (Lipinski definition) is 4. The quantitative estimate of drug-likeness (QED) is 0.704. The molecule has 124 valence electrons. The summed E-state index contributed by atoms with van der Waals surface area (Å²) < 4.78 is 12.9. The molecule has 0 aromatic heterocycles. The van der Waals surface area contributed by atoms with Crippen LogP contribution in [0.4, 0.5) is 9.18 Å². The minimum Gasteiger partial charge on any atom is -0.342 e. The summed E-state index contributed by atoms with van der Waals surface area (Å²) in [7, 11) is 0. The SMILES string of the molecule is CCN(CC)C(=O)SC1(C(=O)N(CC)CC)C=CC=NC1F. The molecule has 0 spiro atoms. The van der Waals surface area contributed by atoms with Gasteiger partial charge in [0, 0.05) is 32.4 Å². The minimum absolute atomic E-state index is 0.310. The van der Waals surface area contributed by atoms with Gasteiger partial charge >= 0.3 is 0 Å². The third-order valence-corrected chi connectivity index (χ3v) is 4.94. The van der Waals surface area contributed by atoms with Crippen molar-refractivity contribution >= 4 is 29.1 Å². The van der Waals surface area contributed by atoms with Gasteiger partial charge in [-0.15, -0.1) is 0 Å². The van der Waals surface area contributed by atoms with E-state index >= 15 is 0 Å². The highest BCUT2D eigenvalue weighted by Gasteiger charge is 2.50. The Labute approximate surface area is 135 Å². The Morgan fingerprint density at radius 3 is 2.14 bits per heavy atom. The zero-order chi connectivity index (χ0) is 16.8. The van der Waals surface area contributed by atoms with E-state index in [0.29, 0.717) is 26.2 Å². The van der Waals surface area contributed by atoms with Gasteiger partial charge in [-0.1, -0.05) is 6.08 Å². The summed E-state index contributed by atoms with van der Waals surface area (Å²) >= 11 is 0.721. The van der Waals surface area contributed by atoms with E-state index in [4.69, 9.17) is 0 Å². The van der Waals surface area contributed by atoms with Gasteiger partial charge in [0.05, 0.1) is 0 Å². The Morgan fingerprint density at radius 2 is 1.68 bits per heavy atom. The Morgan fingerprint density at radius 1 is 1.14 bits per heavy atom. The number of halogens is 1. The normalized spacial score (nSPS) is 23.4. The average Bonchev–Trinajstić information content (AvgIpc) is 2.52. The first kappa shape index (κ1) is 18.7. The van der Waals surface area contributed by atoms with Gasteiger partial charge in [0.2, 0.25) is 12.2 Å². The lowest BCUT2D eigenvalue weighted by molar-refractivity contribution is -0.133. The highest BCUT2D eigenvalue weighted by molar-refractivity contribution is 8.15. The second-order valence-corrected chi connectivity index (χ2v) is 6.03. The van der Waals surface area contributed by atoms with Gasteiger partial charge in [0.15, 0.2) is 4.75 Å². The molecule has 5 nitrogen and oxygen atoms in total. The molecule has 1 aliphatic rings. The summed E-state index contributed by atoms with van der Waals surface area (Å²) in [6.45, 7) is 9.31. The van der Waals surface area contributed by atoms with Crippen LogP contribution in [0, 0.1) is 0 Å². The number of nitrogens with zero attached hydrogens (tertiary/aromatic N) is 3. The molecule has 0 saturated heterocycles. The second kappa shape index (κ2) is 8.31. The first-order valence-corrected chi connectivity index (χ1v) is 8.40. The monoisotopic (exact) mass is 329 g/mol. The van der Waals surface area contributed by atoms with Gasteiger partial charge in [-0.05, 0) is 45.5 Å². The molecule has 0 aromatic rings. The van der Waals surface area contributed by atoms with Gasteiger partial charge in [0.1, 0.15) is 0 Å². The highest BCUT2D eigenvalue weighted by atomic mass is 32.2. The Kier molecular flexibility index (Phi) is 7.06. The maximum atomic E-state index is 14.5. The maximum Gasteiger partial charge on any atom is 0.283 e. The number of carbonyl (C=O) groups is 2. The molecule has 2 amide bonds. The van der Waals surface area contributed by atoms with Gasteiger partial charge in [0.25, 0.3) is 5.24 Å². The summed E-state index contributed by atoms with van der Waals surface area (Å²) in [5, 5.41) is -0.310. The van der Waals surface area contributed by atoms with Crippen LogP contribution >= 0.6 is 11.8 Å². The number of rotatable bonds is 6. The van der Waals surface area contributed by atoms with E-state index in [1.54, 1.807) is 4.90 Å². The van der Waals surface area contributed by atoms with Crippen molar-refractivity contribution < 1.29 is 14.0 Å². The smallest absolute Gasteiger partial charge is 0.283 e. The van der Waals surface area contributed by atoms with E-state index in [0.717, 1.165) is 11.8 Å². The number of hydrogen-bond donors (Lipinski definition) is 0. The van der Waals surface area contributed by atoms with Gasteiger partial charge in [-0.3, -0.25) is 14.6 Å². The molecule has 0 N–H and O–H groups in total. The van der Waals surface area contributed by atoms with Crippen molar-refractivity contribution in [2.75, 3.05) is 26.2 Å². The molecule has 0 radical (unpaired) electrons. The number of aliphatic imine (C=N–C) groups is 1. The number of dihydropyridines is 1. The zero-order valence-corrected chi connectivity index (χ0v) is 14.4. The van der Waals surface area contributed by atoms with E-state index < -0.39 is 16.9 Å². The highest BCUT2D eigenvalue weighted by Crippen LogP contribution is 2.38. The van der Waals surface area contributed by atoms with Gasteiger partial charge in [-0.2, -0.15) is 0 Å². The first-order valence-electron chi connectivity index (χ1n) is 7.59. The lowest BCUT2D eigenvalue weighted by atomic mass is 10.0. The van der Waals surface area contributed by atoms with Gasteiger partial charge < -0.3 is 9.80 Å². The molecule has 2 atom stereocenters. The fraction of sp³-hybridized carbons (Fsp3) is 0.667. The van der Waals surface area contributed by atoms with Crippen molar-refractivity contribution in [3.63, 3.8) is 0 Å². The van der Waals surface area contributed by atoms with E-state index in [9.17, 15) is 14.0 Å². The molecule has 0 fully saturated rings. The summed E-state index contributed by atoms with van der Waals surface area (Å²) in [6, 6.07) is 0. The van der Waals surface area contributed by atoms with Crippen molar-refractivity contribution in [3.05, 3.63) is 12.2 Å². The first-order chi connectivity index (χ1) is 10.5. The van der Waals surface area contributed by atoms with Crippen LogP contribution in [0.15, 0.2) is 17.1 Å². The van der Waals surface area contributed by atoms with E-state index in [1.807, 2.05) is 27.7 Å². The molecule has 1 aliphatic heterocycles. The van der Waals surface area contributed by atoms with Crippen molar-refractivity contribution in [1.29, 1.82) is 0 Å². The number of amides is 2. The Bertz CT molecular complexity index is 462. The number of allylic oxidation sites excluding steroid dienone is 1. The van der Waals surface area contributed by atoms with E-state index in [1.165, 1.54) is 23.3 Å². The maximum absolute atomic E-state index is 14.5. The molecular weight excluding hydrogens is 305 g/mol. The molecule has 0 aromatic carbocycles. The van der Waals surface area contributed by atoms with Crippen LogP contribution in [-0.2, 0) is 4.79 Å². The van der Waals surface area contributed by atoms with Crippen LogP contribution in [0.5, 0.6) is 0 Å². The van der Waals surface area contributed by atoms with Crippen LogP contribution in [0.3, 0.4) is 0 Å². The van der Waals surface area contributed by atoms with Crippen molar-refractivity contribution in [3.8, 4) is 0 Å². The number of thioether (sulfide) groups is 1. The predicted octanol–water partition coefficient (Wildman–Crippen LogP) is 2.72. The second-order valence-electron chi connectivity index (χ2n) is 4.80. The van der Waals surface area contributed by atoms with E-state index in [2.05, 4.69) is 4.99 Å². The zero-order valence-electron chi connectivity index (χ0n) is 13.6. The summed E-state index contributed by atoms with van der Waals surface area (Å²) in [5.41, 5.74) is 0. The molecule has 1 heterocycles. The van der Waals surface area contributed by atoms with E-state index in [-0.39, 0.29) is 5.24 Å². The molecule has 2 unspecified atom stereocenters. The largest absolute Gasteiger partial charge is 0.342 e. The van der Waals surface area contributed by atoms with Crippen molar-refractivity contribution in [1.82, 2.24) is 9.80 Å². The van der Waals surface area contributed by atoms with Crippen LogP contribution in [0.1, 0.15) is 27.7 Å². The fourth-order valence-corrected chi connectivity index (χ4v) is 3.45. The van der Waals surface area contributed by atoms with Crippen LogP contribution in [-0.4, -0.2) is 64.4 Å². The third kappa shape index (κ3) is 3.69. The van der Waals surface area contributed by atoms with Gasteiger partial charge in [-0.25, -0.2) is 4.39 Å². The topological polar surface area (TPSA) is 53.0 Å². The van der Waals surface area contributed by atoms with Crippen molar-refractivity contribution in [2.45, 2.75) is 38.7 Å². The lowest BCUT2D eigenvalue weighted by Crippen LogP contribution is -2.53.